The first-order valence-corrected chi connectivity index (χ1v) is 6.05. The normalized spacial score (nSPS) is 21.1. The highest BCUT2D eigenvalue weighted by Gasteiger charge is 2.43. The maximum Gasteiger partial charge on any atom is 0.139 e. The fourth-order valence-corrected chi connectivity index (χ4v) is 2.02. The van der Waals surface area contributed by atoms with Gasteiger partial charge in [0, 0.05) is 11.8 Å². The van der Waals surface area contributed by atoms with Gasteiger partial charge in [0.05, 0.1) is 12.7 Å². The minimum absolute atomic E-state index is 0.154. The molecule has 0 radical (unpaired) electrons. The second-order valence-electron chi connectivity index (χ2n) is 5.52. The minimum atomic E-state index is 0.154. The molecule has 0 saturated heterocycles. The van der Waals surface area contributed by atoms with Gasteiger partial charge >= 0.3 is 0 Å². The van der Waals surface area contributed by atoms with Crippen molar-refractivity contribution in [3.05, 3.63) is 0 Å². The lowest BCUT2D eigenvalue weighted by atomic mass is 10.0. The van der Waals surface area contributed by atoms with Crippen LogP contribution < -0.4 is 5.73 Å². The van der Waals surface area contributed by atoms with E-state index in [1.54, 1.807) is 0 Å². The maximum absolute atomic E-state index is 8.54. The number of oxime groups is 1. The molecule has 0 bridgehead atoms. The van der Waals surface area contributed by atoms with E-state index < -0.39 is 0 Å². The summed E-state index contributed by atoms with van der Waals surface area (Å²) in [6.07, 6.45) is 4.28. The van der Waals surface area contributed by atoms with Gasteiger partial charge < -0.3 is 15.7 Å². The van der Waals surface area contributed by atoms with Crippen molar-refractivity contribution < 1.29 is 9.94 Å². The summed E-state index contributed by atoms with van der Waals surface area (Å²) in [4.78, 5) is 0. The molecule has 4 nitrogen and oxygen atoms in total. The zero-order chi connectivity index (χ0) is 12.2. The van der Waals surface area contributed by atoms with E-state index in [1.165, 1.54) is 0 Å². The van der Waals surface area contributed by atoms with Crippen molar-refractivity contribution in [3.63, 3.8) is 0 Å². The van der Waals surface area contributed by atoms with Crippen LogP contribution >= 0.6 is 0 Å². The molecule has 1 aliphatic rings. The summed E-state index contributed by atoms with van der Waals surface area (Å²) < 4.78 is 5.83. The first-order valence-electron chi connectivity index (χ1n) is 6.05. The second-order valence-corrected chi connectivity index (χ2v) is 5.52. The van der Waals surface area contributed by atoms with Crippen LogP contribution in [0.5, 0.6) is 0 Å². The van der Waals surface area contributed by atoms with Gasteiger partial charge in [0.15, 0.2) is 0 Å². The third-order valence-corrected chi connectivity index (χ3v) is 3.12. The summed E-state index contributed by atoms with van der Waals surface area (Å²) in [5.41, 5.74) is 5.68. The molecule has 1 saturated carbocycles. The van der Waals surface area contributed by atoms with E-state index in [-0.39, 0.29) is 5.41 Å². The first-order chi connectivity index (χ1) is 7.47. The zero-order valence-corrected chi connectivity index (χ0v) is 10.6. The lowest BCUT2D eigenvalue weighted by Crippen LogP contribution is -2.24. The molecular formula is C12H24N2O2. The average molecular weight is 228 g/mol. The highest BCUT2D eigenvalue weighted by molar-refractivity contribution is 5.80. The number of hydrogen-bond donors (Lipinski definition) is 2. The topological polar surface area (TPSA) is 67.8 Å². The molecule has 0 aromatic heterocycles. The third-order valence-electron chi connectivity index (χ3n) is 3.12. The third kappa shape index (κ3) is 4.39. The Morgan fingerprint density at radius 3 is 2.50 bits per heavy atom. The van der Waals surface area contributed by atoms with Gasteiger partial charge in [0.2, 0.25) is 0 Å². The Morgan fingerprint density at radius 1 is 1.44 bits per heavy atom. The molecule has 94 valence electrons. The summed E-state index contributed by atoms with van der Waals surface area (Å²) in [6.45, 7) is 7.24. The molecule has 0 aromatic rings. The van der Waals surface area contributed by atoms with E-state index in [2.05, 4.69) is 25.9 Å². The van der Waals surface area contributed by atoms with E-state index in [9.17, 15) is 0 Å². The molecule has 0 aromatic carbocycles. The monoisotopic (exact) mass is 228 g/mol. The number of ether oxygens (including phenoxy) is 1. The largest absolute Gasteiger partial charge is 0.409 e. The molecule has 4 heteroatoms. The molecule has 3 N–H and O–H groups in total. The molecule has 0 aliphatic heterocycles. The van der Waals surface area contributed by atoms with Crippen LogP contribution in [-0.2, 0) is 4.74 Å². The minimum Gasteiger partial charge on any atom is -0.409 e. The molecule has 1 rings (SSSR count). The number of rotatable bonds is 7. The first kappa shape index (κ1) is 13.3. The number of nitrogens with zero attached hydrogens (tertiary/aromatic N) is 1. The van der Waals surface area contributed by atoms with Crippen molar-refractivity contribution in [1.82, 2.24) is 0 Å². The Hall–Kier alpha value is -0.770. The quantitative estimate of drug-likeness (QED) is 0.304. The summed E-state index contributed by atoms with van der Waals surface area (Å²) in [5.74, 6) is 0.979. The van der Waals surface area contributed by atoms with Crippen LogP contribution in [0.2, 0.25) is 0 Å². The van der Waals surface area contributed by atoms with E-state index in [1.807, 2.05) is 0 Å². The predicted molar refractivity (Wildman–Crippen MR) is 64.6 cm³/mol. The zero-order valence-electron chi connectivity index (χ0n) is 10.6. The second kappa shape index (κ2) is 5.53. The Morgan fingerprint density at radius 2 is 2.06 bits per heavy atom. The van der Waals surface area contributed by atoms with E-state index in [0.29, 0.717) is 24.3 Å². The van der Waals surface area contributed by atoms with E-state index >= 15 is 0 Å². The van der Waals surface area contributed by atoms with Gasteiger partial charge in [-0.15, -0.1) is 0 Å². The highest BCUT2D eigenvalue weighted by Crippen LogP contribution is 2.49. The summed E-state index contributed by atoms with van der Waals surface area (Å²) in [6, 6.07) is 0. The summed E-state index contributed by atoms with van der Waals surface area (Å²) in [5, 5.41) is 11.6. The van der Waals surface area contributed by atoms with Crippen LogP contribution in [0, 0.1) is 11.3 Å². The summed E-state index contributed by atoms with van der Waals surface area (Å²) >= 11 is 0. The lowest BCUT2D eigenvalue weighted by molar-refractivity contribution is 0.0230. The van der Waals surface area contributed by atoms with Crippen molar-refractivity contribution in [1.29, 1.82) is 0 Å². The standard InChI is InChI=1S/C12H24N2O2/c1-9(2)6-10(3)16-8-12(4-5-12)7-11(13)14-15/h9-10,15H,4-8H2,1-3H3,(H2,13,14). The fraction of sp³-hybridized carbons (Fsp3) is 0.917. The maximum atomic E-state index is 8.54. The Labute approximate surface area is 97.8 Å². The Kier molecular flexibility index (Phi) is 4.59. The highest BCUT2D eigenvalue weighted by atomic mass is 16.5. The van der Waals surface area contributed by atoms with Crippen LogP contribution in [0.3, 0.4) is 0 Å². The Balaban J connectivity index is 2.26. The van der Waals surface area contributed by atoms with Crippen LogP contribution in [0.1, 0.15) is 46.5 Å². The molecule has 1 atom stereocenters. The molecule has 1 aliphatic carbocycles. The average Bonchev–Trinajstić information content (AvgIpc) is 2.94. The van der Waals surface area contributed by atoms with Crippen LogP contribution in [0.15, 0.2) is 5.16 Å². The van der Waals surface area contributed by atoms with Gasteiger partial charge in [-0.25, -0.2) is 0 Å². The van der Waals surface area contributed by atoms with Crippen LogP contribution in [0.4, 0.5) is 0 Å². The van der Waals surface area contributed by atoms with Crippen molar-refractivity contribution in [2.45, 2.75) is 52.6 Å². The fourth-order valence-electron chi connectivity index (χ4n) is 2.02. The number of nitrogens with two attached hydrogens (primary N) is 1. The van der Waals surface area contributed by atoms with E-state index in [4.69, 9.17) is 15.7 Å². The van der Waals surface area contributed by atoms with Crippen molar-refractivity contribution in [2.75, 3.05) is 6.61 Å². The SMILES string of the molecule is CC(C)CC(C)OCC1(CC(N)=NO)CC1. The van der Waals surface area contributed by atoms with E-state index in [0.717, 1.165) is 25.9 Å². The van der Waals surface area contributed by atoms with Crippen LogP contribution in [0.25, 0.3) is 0 Å². The van der Waals surface area contributed by atoms with Crippen molar-refractivity contribution >= 4 is 5.84 Å². The predicted octanol–water partition coefficient (Wildman–Crippen LogP) is 2.35. The van der Waals surface area contributed by atoms with Gasteiger partial charge in [-0.3, -0.25) is 0 Å². The molecule has 1 fully saturated rings. The molecule has 16 heavy (non-hydrogen) atoms. The smallest absolute Gasteiger partial charge is 0.139 e. The van der Waals surface area contributed by atoms with Gasteiger partial charge in [0.1, 0.15) is 5.84 Å². The number of hydrogen-bond acceptors (Lipinski definition) is 3. The van der Waals surface area contributed by atoms with Gasteiger partial charge in [-0.2, -0.15) is 0 Å². The van der Waals surface area contributed by atoms with Gasteiger partial charge in [-0.05, 0) is 32.1 Å². The number of amidine groups is 1. The molecule has 0 amide bonds. The Bertz CT molecular complexity index is 247. The van der Waals surface area contributed by atoms with Gasteiger partial charge in [0.25, 0.3) is 0 Å². The molecular weight excluding hydrogens is 204 g/mol. The summed E-state index contributed by atoms with van der Waals surface area (Å²) in [7, 11) is 0. The van der Waals surface area contributed by atoms with Crippen molar-refractivity contribution in [3.8, 4) is 0 Å². The van der Waals surface area contributed by atoms with Gasteiger partial charge in [-0.1, -0.05) is 19.0 Å². The molecule has 1 unspecified atom stereocenters. The molecule has 0 heterocycles. The lowest BCUT2D eigenvalue weighted by Gasteiger charge is -2.20. The van der Waals surface area contributed by atoms with Crippen molar-refractivity contribution in [2.24, 2.45) is 22.2 Å². The van der Waals surface area contributed by atoms with Crippen LogP contribution in [-0.4, -0.2) is 23.8 Å². The molecule has 0 spiro atoms.